The third kappa shape index (κ3) is 8.86. The molecule has 1 aliphatic rings. The summed E-state index contributed by atoms with van der Waals surface area (Å²) in [5.41, 5.74) is 2.45. The van der Waals surface area contributed by atoms with E-state index in [1.807, 2.05) is 38.1 Å². The lowest BCUT2D eigenvalue weighted by molar-refractivity contribution is -0.141. The summed E-state index contributed by atoms with van der Waals surface area (Å²) in [5.74, 6) is 0.130. The highest BCUT2D eigenvalue weighted by molar-refractivity contribution is 7.92. The fourth-order valence-electron chi connectivity index (χ4n) is 5.17. The molecule has 0 radical (unpaired) electrons. The van der Waals surface area contributed by atoms with Crippen molar-refractivity contribution in [2.24, 2.45) is 0 Å². The van der Waals surface area contributed by atoms with Gasteiger partial charge < -0.3 is 15.0 Å². The quantitative estimate of drug-likeness (QED) is 0.334. The van der Waals surface area contributed by atoms with Gasteiger partial charge in [-0.15, -0.1) is 0 Å². The predicted molar refractivity (Wildman–Crippen MR) is 160 cm³/mol. The molecule has 2 aromatic rings. The summed E-state index contributed by atoms with van der Waals surface area (Å²) in [6.45, 7) is 4.32. The van der Waals surface area contributed by atoms with Crippen LogP contribution in [-0.4, -0.2) is 57.1 Å². The molecular formula is C30H42ClN3O5S. The number of rotatable bonds is 13. The summed E-state index contributed by atoms with van der Waals surface area (Å²) < 4.78 is 31.6. The average Bonchev–Trinajstić information content (AvgIpc) is 2.91. The minimum absolute atomic E-state index is 0.0922. The lowest BCUT2D eigenvalue weighted by Gasteiger charge is -2.33. The molecule has 0 spiro atoms. The summed E-state index contributed by atoms with van der Waals surface area (Å²) in [6.07, 6.45) is 7.29. The molecule has 2 aromatic carbocycles. The number of sulfonamides is 1. The number of nitrogens with one attached hydrogen (secondary N) is 1. The van der Waals surface area contributed by atoms with Crippen LogP contribution >= 0.6 is 11.6 Å². The molecule has 1 saturated carbocycles. The maximum atomic E-state index is 13.7. The molecule has 1 fully saturated rings. The molecule has 3 rings (SSSR count). The van der Waals surface area contributed by atoms with Gasteiger partial charge in [0.05, 0.1) is 24.1 Å². The van der Waals surface area contributed by atoms with E-state index in [-0.39, 0.29) is 37.2 Å². The molecule has 220 valence electrons. The number of amides is 2. The fraction of sp³-hybridized carbons (Fsp3) is 0.533. The van der Waals surface area contributed by atoms with Gasteiger partial charge in [-0.05, 0) is 56.4 Å². The lowest BCUT2D eigenvalue weighted by atomic mass is 9.95. The van der Waals surface area contributed by atoms with Gasteiger partial charge in [-0.1, -0.05) is 67.6 Å². The standard InChI is InChI=1S/C30H42ClN3O5S/c1-5-27(30(36)32-24-10-7-6-8-11-24)33(21-23-15-13-22(2)14-16-23)29(35)12-9-19-34(40(4,37)38)25-17-18-28(39-3)26(31)20-25/h13-18,20,24,27H,5-12,19,21H2,1-4H3,(H,32,36)/t27-/m1/s1. The molecule has 0 saturated heterocycles. The van der Waals surface area contributed by atoms with Crippen LogP contribution in [0, 0.1) is 6.92 Å². The highest BCUT2D eigenvalue weighted by Gasteiger charge is 2.30. The zero-order valence-corrected chi connectivity index (χ0v) is 25.6. The molecule has 2 amide bonds. The minimum atomic E-state index is -3.63. The zero-order valence-electron chi connectivity index (χ0n) is 24.0. The van der Waals surface area contributed by atoms with Crippen molar-refractivity contribution < 1.29 is 22.7 Å². The Kier molecular flexibility index (Phi) is 11.7. The second kappa shape index (κ2) is 14.7. The first-order valence-corrected chi connectivity index (χ1v) is 16.2. The maximum absolute atomic E-state index is 13.7. The number of carbonyl (C=O) groups is 2. The van der Waals surface area contributed by atoms with Crippen molar-refractivity contribution >= 4 is 39.1 Å². The van der Waals surface area contributed by atoms with Gasteiger partial charge in [-0.25, -0.2) is 8.42 Å². The highest BCUT2D eigenvalue weighted by Crippen LogP contribution is 2.30. The van der Waals surface area contributed by atoms with Gasteiger partial charge >= 0.3 is 0 Å². The normalized spacial score (nSPS) is 14.8. The zero-order chi connectivity index (χ0) is 29.3. The Morgan fingerprint density at radius 1 is 1.10 bits per heavy atom. The molecule has 1 aliphatic carbocycles. The Balaban J connectivity index is 1.76. The van der Waals surface area contributed by atoms with Gasteiger partial charge in [0.1, 0.15) is 11.8 Å². The van der Waals surface area contributed by atoms with E-state index in [0.29, 0.717) is 29.4 Å². The topological polar surface area (TPSA) is 96.0 Å². The molecule has 0 aliphatic heterocycles. The van der Waals surface area contributed by atoms with Crippen LogP contribution in [0.1, 0.15) is 69.4 Å². The van der Waals surface area contributed by atoms with E-state index in [9.17, 15) is 18.0 Å². The Morgan fingerprint density at radius 2 is 1.77 bits per heavy atom. The molecular weight excluding hydrogens is 550 g/mol. The van der Waals surface area contributed by atoms with E-state index in [1.165, 1.54) is 23.9 Å². The number of carbonyl (C=O) groups excluding carboxylic acids is 2. The van der Waals surface area contributed by atoms with Gasteiger partial charge in [-0.3, -0.25) is 13.9 Å². The van der Waals surface area contributed by atoms with E-state index in [0.717, 1.165) is 43.1 Å². The van der Waals surface area contributed by atoms with Crippen molar-refractivity contribution in [1.82, 2.24) is 10.2 Å². The van der Waals surface area contributed by atoms with Crippen molar-refractivity contribution in [3.05, 3.63) is 58.6 Å². The molecule has 0 heterocycles. The molecule has 8 nitrogen and oxygen atoms in total. The van der Waals surface area contributed by atoms with Crippen LogP contribution in [0.3, 0.4) is 0 Å². The molecule has 0 bridgehead atoms. The summed E-state index contributed by atoms with van der Waals surface area (Å²) in [7, 11) is -2.14. The number of hydrogen-bond donors (Lipinski definition) is 1. The highest BCUT2D eigenvalue weighted by atomic mass is 35.5. The van der Waals surface area contributed by atoms with E-state index < -0.39 is 16.1 Å². The Labute approximate surface area is 244 Å². The van der Waals surface area contributed by atoms with Gasteiger partial charge in [0.25, 0.3) is 0 Å². The second-order valence-corrected chi connectivity index (χ2v) is 12.8. The van der Waals surface area contributed by atoms with Crippen molar-refractivity contribution in [3.8, 4) is 5.75 Å². The monoisotopic (exact) mass is 591 g/mol. The molecule has 0 aromatic heterocycles. The number of halogens is 1. The molecule has 0 unspecified atom stereocenters. The number of nitrogens with zero attached hydrogens (tertiary/aromatic N) is 2. The van der Waals surface area contributed by atoms with E-state index in [1.54, 1.807) is 17.0 Å². The first kappa shape index (κ1) is 31.7. The molecule has 1 atom stereocenters. The van der Waals surface area contributed by atoms with Crippen molar-refractivity contribution in [3.63, 3.8) is 0 Å². The first-order chi connectivity index (χ1) is 19.0. The van der Waals surface area contributed by atoms with Crippen molar-refractivity contribution in [2.75, 3.05) is 24.2 Å². The Hall–Kier alpha value is -2.78. The fourth-order valence-corrected chi connectivity index (χ4v) is 6.38. The number of hydrogen-bond acceptors (Lipinski definition) is 5. The number of aryl methyl sites for hydroxylation is 1. The second-order valence-electron chi connectivity index (χ2n) is 10.5. The number of anilines is 1. The smallest absolute Gasteiger partial charge is 0.243 e. The summed E-state index contributed by atoms with van der Waals surface area (Å²) >= 11 is 6.24. The van der Waals surface area contributed by atoms with Crippen LogP contribution in [0.2, 0.25) is 5.02 Å². The Bertz CT molecular complexity index is 1250. The molecule has 40 heavy (non-hydrogen) atoms. The van der Waals surface area contributed by atoms with Gasteiger partial charge in [0, 0.05) is 25.6 Å². The van der Waals surface area contributed by atoms with Gasteiger partial charge in [0.2, 0.25) is 21.8 Å². The molecule has 1 N–H and O–H groups in total. The number of methoxy groups -OCH3 is 1. The van der Waals surface area contributed by atoms with E-state index in [2.05, 4.69) is 5.32 Å². The van der Waals surface area contributed by atoms with Crippen LogP contribution in [-0.2, 0) is 26.2 Å². The van der Waals surface area contributed by atoms with Crippen LogP contribution < -0.4 is 14.4 Å². The lowest BCUT2D eigenvalue weighted by Crippen LogP contribution is -2.51. The summed E-state index contributed by atoms with van der Waals surface area (Å²) in [4.78, 5) is 28.7. The van der Waals surface area contributed by atoms with E-state index >= 15 is 0 Å². The molecule has 10 heteroatoms. The number of ether oxygens (including phenoxy) is 1. The summed E-state index contributed by atoms with van der Waals surface area (Å²) in [6, 6.07) is 12.2. The summed E-state index contributed by atoms with van der Waals surface area (Å²) in [5, 5.41) is 3.48. The van der Waals surface area contributed by atoms with Crippen LogP contribution in [0.4, 0.5) is 5.69 Å². The third-order valence-corrected chi connectivity index (χ3v) is 8.88. The SMILES string of the molecule is CC[C@H](C(=O)NC1CCCCC1)N(Cc1ccc(C)cc1)C(=O)CCCN(c1ccc(OC)c(Cl)c1)S(C)(=O)=O. The van der Waals surface area contributed by atoms with Crippen molar-refractivity contribution in [1.29, 1.82) is 0 Å². The first-order valence-electron chi connectivity index (χ1n) is 14.0. The van der Waals surface area contributed by atoms with Gasteiger partial charge in [0.15, 0.2) is 0 Å². The van der Waals surface area contributed by atoms with E-state index in [4.69, 9.17) is 16.3 Å². The van der Waals surface area contributed by atoms with Crippen LogP contribution in [0.5, 0.6) is 5.75 Å². The van der Waals surface area contributed by atoms with Crippen LogP contribution in [0.15, 0.2) is 42.5 Å². The number of benzene rings is 2. The van der Waals surface area contributed by atoms with Gasteiger partial charge in [-0.2, -0.15) is 0 Å². The third-order valence-electron chi connectivity index (χ3n) is 7.39. The minimum Gasteiger partial charge on any atom is -0.495 e. The largest absolute Gasteiger partial charge is 0.495 e. The van der Waals surface area contributed by atoms with Crippen LogP contribution in [0.25, 0.3) is 0 Å². The van der Waals surface area contributed by atoms with Crippen molar-refractivity contribution in [2.45, 2.75) is 83.8 Å². The predicted octanol–water partition coefficient (Wildman–Crippen LogP) is 5.46. The Morgan fingerprint density at radius 3 is 2.35 bits per heavy atom. The average molecular weight is 592 g/mol. The maximum Gasteiger partial charge on any atom is 0.243 e.